The summed E-state index contributed by atoms with van der Waals surface area (Å²) in [5.74, 6) is 0.882. The van der Waals surface area contributed by atoms with Gasteiger partial charge in [-0.15, -0.1) is 0 Å². The van der Waals surface area contributed by atoms with Crippen LogP contribution in [0.1, 0.15) is 15.2 Å². The van der Waals surface area contributed by atoms with E-state index in [1.54, 1.807) is 41.2 Å². The second-order valence-electron chi connectivity index (χ2n) is 10.4. The van der Waals surface area contributed by atoms with Crippen molar-refractivity contribution in [2.24, 2.45) is 0 Å². The van der Waals surface area contributed by atoms with Gasteiger partial charge in [-0.25, -0.2) is 15.0 Å². The molecule has 1 aromatic carbocycles. The van der Waals surface area contributed by atoms with Crippen LogP contribution in [0.2, 0.25) is 5.02 Å². The fourth-order valence-corrected chi connectivity index (χ4v) is 6.32. The molecule has 45 heavy (non-hydrogen) atoms. The zero-order valence-corrected chi connectivity index (χ0v) is 26.3. The summed E-state index contributed by atoms with van der Waals surface area (Å²) in [7, 11) is 3.24. The molecule has 1 fully saturated rings. The largest absolute Gasteiger partial charge is 0.493 e. The van der Waals surface area contributed by atoms with E-state index in [4.69, 9.17) is 26.3 Å². The van der Waals surface area contributed by atoms with Gasteiger partial charge in [0.15, 0.2) is 22.5 Å². The lowest BCUT2D eigenvalue weighted by atomic mass is 10.0. The molecule has 1 unspecified atom stereocenters. The van der Waals surface area contributed by atoms with Crippen LogP contribution >= 0.6 is 22.9 Å². The molecule has 3 amide bonds. The maximum Gasteiger partial charge on any atom is 0.267 e. The molecule has 0 saturated carbocycles. The number of piperazine rings is 1. The molecule has 2 aliphatic rings. The third-order valence-corrected chi connectivity index (χ3v) is 8.98. The summed E-state index contributed by atoms with van der Waals surface area (Å²) in [6.45, 7) is 6.64. The SMILES string of the molecule is C=CC(=O)N1CCN2c3ncc(-c4ccc(OC)c(Nc5ncc(C(=O)Nc6c(C)cccc6Cl)s5)n4)cc3N(C)C(=O)C2C1. The van der Waals surface area contributed by atoms with Crippen molar-refractivity contribution in [3.8, 4) is 17.0 Å². The Kier molecular flexibility index (Phi) is 8.12. The number of likely N-dealkylation sites (N-methyl/N-ethyl adjacent to an activating group) is 1. The molecule has 1 atom stereocenters. The van der Waals surface area contributed by atoms with Crippen LogP contribution in [0.3, 0.4) is 0 Å². The van der Waals surface area contributed by atoms with Gasteiger partial charge < -0.3 is 30.1 Å². The van der Waals surface area contributed by atoms with Crippen molar-refractivity contribution < 1.29 is 19.1 Å². The topological polar surface area (TPSA) is 133 Å². The zero-order chi connectivity index (χ0) is 31.8. The van der Waals surface area contributed by atoms with Crippen LogP contribution in [0.15, 0.2) is 61.4 Å². The number of nitrogens with zero attached hydrogens (tertiary/aromatic N) is 6. The number of amides is 3. The molecule has 2 aliphatic heterocycles. The van der Waals surface area contributed by atoms with Crippen molar-refractivity contribution in [1.82, 2.24) is 19.9 Å². The molecular weight excluding hydrogens is 616 g/mol. The minimum Gasteiger partial charge on any atom is -0.493 e. The average molecular weight is 645 g/mol. The van der Waals surface area contributed by atoms with Crippen molar-refractivity contribution in [3.63, 3.8) is 0 Å². The Morgan fingerprint density at radius 3 is 2.76 bits per heavy atom. The van der Waals surface area contributed by atoms with Crippen molar-refractivity contribution in [2.45, 2.75) is 13.0 Å². The Balaban J connectivity index is 1.24. The number of para-hydroxylation sites is 1. The number of methoxy groups -OCH3 is 1. The van der Waals surface area contributed by atoms with Crippen LogP contribution in [-0.4, -0.2) is 77.4 Å². The summed E-state index contributed by atoms with van der Waals surface area (Å²) in [5, 5.41) is 6.91. The molecule has 6 rings (SSSR count). The highest BCUT2D eigenvalue weighted by Gasteiger charge is 2.41. The number of thiazole rings is 1. The first kappa shape index (κ1) is 30.0. The van der Waals surface area contributed by atoms with Gasteiger partial charge in [0.1, 0.15) is 10.9 Å². The van der Waals surface area contributed by atoms with E-state index in [-0.39, 0.29) is 24.3 Å². The van der Waals surface area contributed by atoms with E-state index in [0.717, 1.165) is 16.9 Å². The minimum atomic E-state index is -0.521. The van der Waals surface area contributed by atoms with E-state index in [1.807, 2.05) is 30.0 Å². The molecule has 4 aromatic rings. The smallest absolute Gasteiger partial charge is 0.267 e. The normalized spacial score (nSPS) is 15.7. The summed E-state index contributed by atoms with van der Waals surface area (Å²) in [4.78, 5) is 57.9. The second kappa shape index (κ2) is 12.2. The van der Waals surface area contributed by atoms with E-state index in [2.05, 4.69) is 22.2 Å². The summed E-state index contributed by atoms with van der Waals surface area (Å²) in [5.41, 5.74) is 3.32. The number of halogens is 1. The van der Waals surface area contributed by atoms with Crippen LogP contribution in [0.4, 0.5) is 28.1 Å². The summed E-state index contributed by atoms with van der Waals surface area (Å²) in [6.07, 6.45) is 4.46. The predicted molar refractivity (Wildman–Crippen MR) is 175 cm³/mol. The second-order valence-corrected chi connectivity index (χ2v) is 11.9. The van der Waals surface area contributed by atoms with E-state index >= 15 is 0 Å². The highest BCUT2D eigenvalue weighted by atomic mass is 35.5. The Hall–Kier alpha value is -5.01. The first-order chi connectivity index (χ1) is 21.7. The van der Waals surface area contributed by atoms with Gasteiger partial charge in [-0.1, -0.05) is 41.6 Å². The highest BCUT2D eigenvalue weighted by molar-refractivity contribution is 7.17. The van der Waals surface area contributed by atoms with E-state index < -0.39 is 6.04 Å². The number of nitrogens with one attached hydrogen (secondary N) is 2. The number of hydrogen-bond donors (Lipinski definition) is 2. The fraction of sp³-hybridized carbons (Fsp3) is 0.226. The van der Waals surface area contributed by atoms with Gasteiger partial charge >= 0.3 is 0 Å². The van der Waals surface area contributed by atoms with Crippen molar-refractivity contribution in [3.05, 3.63) is 76.9 Å². The van der Waals surface area contributed by atoms with Crippen LogP contribution in [-0.2, 0) is 9.59 Å². The average Bonchev–Trinajstić information content (AvgIpc) is 3.53. The number of hydrogen-bond acceptors (Lipinski definition) is 10. The Morgan fingerprint density at radius 2 is 2.00 bits per heavy atom. The van der Waals surface area contributed by atoms with Gasteiger partial charge in [0.05, 0.1) is 41.9 Å². The van der Waals surface area contributed by atoms with Crippen LogP contribution in [0.5, 0.6) is 5.75 Å². The minimum absolute atomic E-state index is 0.124. The summed E-state index contributed by atoms with van der Waals surface area (Å²) < 4.78 is 5.53. The zero-order valence-electron chi connectivity index (χ0n) is 24.7. The molecule has 0 radical (unpaired) electrons. The standard InChI is InChI=1S/C31H29ClN8O4S/c1-5-25(41)39-11-12-40-22(16-39)30(43)38(3)21-13-18(14-33-28(21)40)20-9-10-23(44-4)27(35-20)37-31-34-15-24(45-31)29(42)36-26-17(2)7-6-8-19(26)32/h5-10,13-15,22H,1,11-12,16H2,2-4H3,(H,36,42)(H,34,35,37). The Bertz CT molecular complexity index is 1830. The lowest BCUT2D eigenvalue weighted by Gasteiger charge is -2.46. The van der Waals surface area contributed by atoms with Crippen molar-refractivity contribution in [1.29, 1.82) is 0 Å². The lowest BCUT2D eigenvalue weighted by Crippen LogP contribution is -2.63. The van der Waals surface area contributed by atoms with E-state index in [1.165, 1.54) is 19.4 Å². The van der Waals surface area contributed by atoms with Gasteiger partial charge in [-0.05, 0) is 42.8 Å². The monoisotopic (exact) mass is 644 g/mol. The first-order valence-corrected chi connectivity index (χ1v) is 15.2. The molecule has 0 spiro atoms. The number of carbonyl (C=O) groups is 3. The third kappa shape index (κ3) is 5.67. The number of fused-ring (bicyclic) bond motifs is 3. The lowest BCUT2D eigenvalue weighted by molar-refractivity contribution is -0.128. The maximum absolute atomic E-state index is 13.4. The number of benzene rings is 1. The van der Waals surface area contributed by atoms with Crippen molar-refractivity contribution >= 4 is 68.8 Å². The molecule has 3 aromatic heterocycles. The van der Waals surface area contributed by atoms with Crippen LogP contribution in [0, 0.1) is 6.92 Å². The van der Waals surface area contributed by atoms with Gasteiger partial charge in [-0.3, -0.25) is 14.4 Å². The summed E-state index contributed by atoms with van der Waals surface area (Å²) >= 11 is 7.43. The highest BCUT2D eigenvalue weighted by Crippen LogP contribution is 2.38. The third-order valence-electron chi connectivity index (χ3n) is 7.75. The molecule has 0 bridgehead atoms. The van der Waals surface area contributed by atoms with Gasteiger partial charge in [0, 0.05) is 31.9 Å². The van der Waals surface area contributed by atoms with E-state index in [0.29, 0.717) is 68.1 Å². The number of aromatic nitrogens is 3. The van der Waals surface area contributed by atoms with Gasteiger partial charge in [0.2, 0.25) is 5.91 Å². The Morgan fingerprint density at radius 1 is 1.18 bits per heavy atom. The molecule has 1 saturated heterocycles. The molecule has 14 heteroatoms. The predicted octanol–water partition coefficient (Wildman–Crippen LogP) is 4.75. The summed E-state index contributed by atoms with van der Waals surface area (Å²) in [6, 6.07) is 10.3. The van der Waals surface area contributed by atoms with Gasteiger partial charge in [0.25, 0.3) is 11.8 Å². The fourth-order valence-electron chi connectivity index (χ4n) is 5.34. The molecule has 0 aliphatic carbocycles. The Labute approximate surface area is 268 Å². The number of carbonyl (C=O) groups excluding carboxylic acids is 3. The quantitative estimate of drug-likeness (QED) is 0.274. The van der Waals surface area contributed by atoms with E-state index in [9.17, 15) is 14.4 Å². The molecular formula is C31H29ClN8O4S. The number of rotatable bonds is 7. The van der Waals surface area contributed by atoms with Crippen LogP contribution < -0.4 is 25.2 Å². The molecule has 2 N–H and O–H groups in total. The number of pyridine rings is 2. The molecule has 12 nitrogen and oxygen atoms in total. The number of anilines is 5. The molecule has 230 valence electrons. The number of ether oxygens (including phenoxy) is 1. The molecule has 5 heterocycles. The van der Waals surface area contributed by atoms with Gasteiger partial charge in [-0.2, -0.15) is 0 Å². The van der Waals surface area contributed by atoms with Crippen molar-refractivity contribution in [2.75, 3.05) is 54.2 Å². The number of aryl methyl sites for hydroxylation is 1. The first-order valence-electron chi connectivity index (χ1n) is 14.0. The van der Waals surface area contributed by atoms with Crippen LogP contribution in [0.25, 0.3) is 11.3 Å². The maximum atomic E-state index is 13.4.